The summed E-state index contributed by atoms with van der Waals surface area (Å²) in [5, 5.41) is 0.833. The normalized spacial score (nSPS) is 30.7. The fourth-order valence-corrected chi connectivity index (χ4v) is 6.35. The number of hydrogen-bond acceptors (Lipinski definition) is 4. The first-order valence-corrected chi connectivity index (χ1v) is 13.0. The van der Waals surface area contributed by atoms with Crippen LogP contribution in [-0.4, -0.2) is 48.3 Å². The van der Waals surface area contributed by atoms with Crippen LogP contribution in [0.3, 0.4) is 0 Å². The summed E-state index contributed by atoms with van der Waals surface area (Å²) in [6, 6.07) is 0.495. The van der Waals surface area contributed by atoms with Crippen molar-refractivity contribution in [2.75, 3.05) is 26.7 Å². The molecule has 5 heteroatoms. The Morgan fingerprint density at radius 1 is 1.27 bits per heavy atom. The van der Waals surface area contributed by atoms with Gasteiger partial charge in [0.25, 0.3) is 0 Å². The van der Waals surface area contributed by atoms with Crippen LogP contribution in [0, 0.1) is 17.3 Å². The second-order valence-corrected chi connectivity index (χ2v) is 11.9. The monoisotopic (exact) mass is 452 g/mol. The number of likely N-dealkylation sites (tertiary alicyclic amines) is 1. The molecule has 2 aliphatic carbocycles. The summed E-state index contributed by atoms with van der Waals surface area (Å²) in [4.78, 5) is 2.70. The van der Waals surface area contributed by atoms with Crippen molar-refractivity contribution in [1.82, 2.24) is 9.62 Å². The van der Waals surface area contributed by atoms with Crippen molar-refractivity contribution >= 4 is 23.5 Å². The van der Waals surface area contributed by atoms with Gasteiger partial charge >= 0.3 is 0 Å². The van der Waals surface area contributed by atoms with Crippen LogP contribution in [0.2, 0.25) is 0 Å². The van der Waals surface area contributed by atoms with Gasteiger partial charge in [-0.15, -0.1) is 11.6 Å². The number of halogens is 1. The Balaban J connectivity index is 1.52. The average molecular weight is 453 g/mol. The Labute approximate surface area is 193 Å². The highest BCUT2D eigenvalue weighted by Gasteiger charge is 2.38. The van der Waals surface area contributed by atoms with E-state index >= 15 is 0 Å². The summed E-state index contributed by atoms with van der Waals surface area (Å²) in [5.41, 5.74) is 2.00. The quantitative estimate of drug-likeness (QED) is 0.270. The van der Waals surface area contributed by atoms with Crippen LogP contribution in [-0.2, 0) is 4.74 Å². The molecule has 3 aliphatic rings. The highest BCUT2D eigenvalue weighted by Crippen LogP contribution is 2.43. The minimum Gasteiger partial charge on any atom is -0.497 e. The smallest absolute Gasteiger partial charge is 0.114 e. The lowest BCUT2D eigenvalue weighted by Gasteiger charge is -2.47. The van der Waals surface area contributed by atoms with E-state index in [1.54, 1.807) is 12.7 Å². The summed E-state index contributed by atoms with van der Waals surface area (Å²) in [6.07, 6.45) is 14.7. The van der Waals surface area contributed by atoms with Crippen molar-refractivity contribution in [2.45, 2.75) is 76.5 Å². The van der Waals surface area contributed by atoms with Crippen LogP contribution in [0.4, 0.5) is 0 Å². The standard InChI is InChI=1S/C25H41ClN2OS/c1-18(2)24(27-30-22-12-10-21(29-5)11-13-22)16-28-15-14-23(25(3,4)17-28)19-6-8-20(26)9-7-19/h6,10-12,18,20,22-24,27H,7-9,13-17H2,1-5H3/t20?,22?,23-,24+/m1/s1. The first-order chi connectivity index (χ1) is 14.3. The number of ether oxygens (including phenoxy) is 1. The molecule has 3 rings (SSSR count). The van der Waals surface area contributed by atoms with Crippen LogP contribution < -0.4 is 4.72 Å². The van der Waals surface area contributed by atoms with Gasteiger partial charge < -0.3 is 9.64 Å². The van der Waals surface area contributed by atoms with Crippen molar-refractivity contribution in [3.63, 3.8) is 0 Å². The summed E-state index contributed by atoms with van der Waals surface area (Å²) < 4.78 is 9.11. The van der Waals surface area contributed by atoms with Gasteiger partial charge in [-0.3, -0.25) is 4.72 Å². The topological polar surface area (TPSA) is 24.5 Å². The van der Waals surface area contributed by atoms with Crippen molar-refractivity contribution in [3.05, 3.63) is 35.6 Å². The molecular weight excluding hydrogens is 412 g/mol. The molecule has 0 aromatic heterocycles. The number of alkyl halides is 1. The molecular formula is C25H41ClN2OS. The predicted octanol–water partition coefficient (Wildman–Crippen LogP) is 6.17. The van der Waals surface area contributed by atoms with Crippen LogP contribution in [0.5, 0.6) is 0 Å². The molecule has 2 unspecified atom stereocenters. The molecule has 30 heavy (non-hydrogen) atoms. The first-order valence-electron chi connectivity index (χ1n) is 11.7. The molecule has 170 valence electrons. The van der Waals surface area contributed by atoms with Gasteiger partial charge in [0.15, 0.2) is 0 Å². The van der Waals surface area contributed by atoms with Crippen LogP contribution in [0.25, 0.3) is 0 Å². The van der Waals surface area contributed by atoms with Gasteiger partial charge in [-0.25, -0.2) is 0 Å². The molecule has 0 aromatic rings. The lowest BCUT2D eigenvalue weighted by molar-refractivity contribution is 0.0624. The van der Waals surface area contributed by atoms with Gasteiger partial charge in [0, 0.05) is 29.8 Å². The van der Waals surface area contributed by atoms with E-state index in [4.69, 9.17) is 16.3 Å². The second kappa shape index (κ2) is 10.9. The maximum Gasteiger partial charge on any atom is 0.114 e. The number of hydrogen-bond donors (Lipinski definition) is 1. The molecule has 4 atom stereocenters. The number of methoxy groups -OCH3 is 1. The Bertz CT molecular complexity index is 658. The molecule has 0 saturated carbocycles. The largest absolute Gasteiger partial charge is 0.497 e. The number of nitrogens with one attached hydrogen (secondary N) is 1. The number of allylic oxidation sites excluding steroid dienone is 4. The van der Waals surface area contributed by atoms with E-state index in [-0.39, 0.29) is 0 Å². The van der Waals surface area contributed by atoms with E-state index < -0.39 is 0 Å². The third-order valence-electron chi connectivity index (χ3n) is 7.03. The molecule has 0 radical (unpaired) electrons. The fraction of sp³-hybridized carbons (Fsp3) is 0.760. The molecule has 1 heterocycles. The Hall–Kier alpha value is -0.420. The minimum atomic E-state index is 0.325. The van der Waals surface area contributed by atoms with Gasteiger partial charge in [0.1, 0.15) is 5.76 Å². The molecule has 0 amide bonds. The highest BCUT2D eigenvalue weighted by atomic mass is 35.5. The summed E-state index contributed by atoms with van der Waals surface area (Å²) in [6.45, 7) is 13.1. The number of nitrogens with zero attached hydrogens (tertiary/aromatic N) is 1. The average Bonchev–Trinajstić information content (AvgIpc) is 2.71. The van der Waals surface area contributed by atoms with Crippen LogP contribution >= 0.6 is 23.5 Å². The SMILES string of the molecule is COC1=CCC(SN[C@@H](CN2CC[C@H](C3=CCC(Cl)CC3)C(C)(C)C2)C(C)C)C=C1. The van der Waals surface area contributed by atoms with E-state index in [1.165, 1.54) is 25.9 Å². The van der Waals surface area contributed by atoms with Crippen molar-refractivity contribution in [2.24, 2.45) is 17.3 Å². The van der Waals surface area contributed by atoms with Gasteiger partial charge in [0.05, 0.1) is 7.11 Å². The molecule has 1 saturated heterocycles. The van der Waals surface area contributed by atoms with E-state index in [0.29, 0.717) is 33.9 Å². The number of rotatable bonds is 8. The number of piperidine rings is 1. The fourth-order valence-electron chi connectivity index (χ4n) is 5.11. The molecule has 1 fully saturated rings. The zero-order chi connectivity index (χ0) is 21.7. The summed E-state index contributed by atoms with van der Waals surface area (Å²) >= 11 is 8.20. The van der Waals surface area contributed by atoms with Gasteiger partial charge in [-0.05, 0) is 68.1 Å². The third kappa shape index (κ3) is 6.54. The molecule has 0 aromatic carbocycles. The molecule has 0 spiro atoms. The van der Waals surface area contributed by atoms with Gasteiger partial charge in [-0.1, -0.05) is 57.4 Å². The summed E-state index contributed by atoms with van der Waals surface area (Å²) in [5.74, 6) is 2.30. The molecule has 1 aliphatic heterocycles. The first kappa shape index (κ1) is 24.2. The zero-order valence-corrected chi connectivity index (χ0v) is 21.1. The highest BCUT2D eigenvalue weighted by molar-refractivity contribution is 7.98. The molecule has 1 N–H and O–H groups in total. The summed E-state index contributed by atoms with van der Waals surface area (Å²) in [7, 11) is 1.74. The van der Waals surface area contributed by atoms with Gasteiger partial charge in [0.2, 0.25) is 0 Å². The van der Waals surface area contributed by atoms with E-state index in [0.717, 1.165) is 31.6 Å². The minimum absolute atomic E-state index is 0.325. The maximum absolute atomic E-state index is 6.33. The Morgan fingerprint density at radius 2 is 2.07 bits per heavy atom. The second-order valence-electron chi connectivity index (χ2n) is 10.2. The van der Waals surface area contributed by atoms with Gasteiger partial charge in [-0.2, -0.15) is 0 Å². The Kier molecular flexibility index (Phi) is 8.83. The van der Waals surface area contributed by atoms with E-state index in [9.17, 15) is 0 Å². The molecule has 0 bridgehead atoms. The van der Waals surface area contributed by atoms with E-state index in [2.05, 4.69) is 61.6 Å². The maximum atomic E-state index is 6.33. The lowest BCUT2D eigenvalue weighted by atomic mass is 9.68. The zero-order valence-electron chi connectivity index (χ0n) is 19.5. The van der Waals surface area contributed by atoms with Crippen LogP contribution in [0.1, 0.15) is 59.8 Å². The predicted molar refractivity (Wildman–Crippen MR) is 132 cm³/mol. The van der Waals surface area contributed by atoms with Crippen molar-refractivity contribution in [1.29, 1.82) is 0 Å². The Morgan fingerprint density at radius 3 is 2.63 bits per heavy atom. The third-order valence-corrected chi connectivity index (χ3v) is 8.52. The molecule has 3 nitrogen and oxygen atoms in total. The van der Waals surface area contributed by atoms with Crippen molar-refractivity contribution < 1.29 is 4.74 Å². The lowest BCUT2D eigenvalue weighted by Crippen LogP contribution is -2.51. The van der Waals surface area contributed by atoms with E-state index in [1.807, 2.05) is 11.9 Å². The van der Waals surface area contributed by atoms with Crippen LogP contribution in [0.15, 0.2) is 35.6 Å². The van der Waals surface area contributed by atoms with Crippen molar-refractivity contribution in [3.8, 4) is 0 Å².